The summed E-state index contributed by atoms with van der Waals surface area (Å²) in [5.74, 6) is 1.14. The third-order valence-electron chi connectivity index (χ3n) is 4.52. The number of fused-ring (bicyclic) bond motifs is 1. The molecule has 0 unspecified atom stereocenters. The Morgan fingerprint density at radius 2 is 1.85 bits per heavy atom. The number of aryl methyl sites for hydroxylation is 1. The largest absolute Gasteiger partial charge is 0.497 e. The quantitative estimate of drug-likeness (QED) is 0.661. The zero-order valence-electron chi connectivity index (χ0n) is 16.0. The molecule has 3 rings (SSSR count). The number of amides is 1. The predicted molar refractivity (Wildman–Crippen MR) is 102 cm³/mol. The van der Waals surface area contributed by atoms with E-state index in [1.807, 2.05) is 38.1 Å². The van der Waals surface area contributed by atoms with E-state index in [1.165, 1.54) is 9.08 Å². The van der Waals surface area contributed by atoms with Crippen molar-refractivity contribution in [3.05, 3.63) is 46.6 Å². The van der Waals surface area contributed by atoms with E-state index in [-0.39, 0.29) is 18.1 Å². The summed E-state index contributed by atoms with van der Waals surface area (Å²) in [5.41, 5.74) is 1.69. The molecule has 142 valence electrons. The molecule has 1 aromatic carbocycles. The monoisotopic (exact) mass is 369 g/mol. The van der Waals surface area contributed by atoms with Crippen LogP contribution in [0.3, 0.4) is 0 Å². The van der Waals surface area contributed by atoms with Gasteiger partial charge in [0.2, 0.25) is 5.91 Å². The molecule has 3 aromatic rings. The third kappa shape index (κ3) is 3.55. The number of hydrogen-bond donors (Lipinski definition) is 0. The van der Waals surface area contributed by atoms with E-state index in [4.69, 9.17) is 4.74 Å². The number of benzene rings is 1. The summed E-state index contributed by atoms with van der Waals surface area (Å²) < 4.78 is 7.79. The maximum Gasteiger partial charge on any atom is 0.352 e. The summed E-state index contributed by atoms with van der Waals surface area (Å²) in [4.78, 5) is 31.2. The van der Waals surface area contributed by atoms with Crippen molar-refractivity contribution in [1.29, 1.82) is 0 Å². The van der Waals surface area contributed by atoms with Crippen LogP contribution in [0.4, 0.5) is 0 Å². The van der Waals surface area contributed by atoms with Gasteiger partial charge in [-0.2, -0.15) is 0 Å². The zero-order chi connectivity index (χ0) is 19.6. The third-order valence-corrected chi connectivity index (χ3v) is 4.52. The Morgan fingerprint density at radius 1 is 1.19 bits per heavy atom. The molecular weight excluding hydrogens is 346 g/mol. The molecule has 0 fully saturated rings. The Bertz CT molecular complexity index is 1020. The van der Waals surface area contributed by atoms with Gasteiger partial charge < -0.3 is 9.64 Å². The summed E-state index contributed by atoms with van der Waals surface area (Å²) in [6, 6.07) is 9.24. The molecule has 0 atom stereocenters. The van der Waals surface area contributed by atoms with Gasteiger partial charge in [-0.15, -0.1) is 5.10 Å². The van der Waals surface area contributed by atoms with Crippen molar-refractivity contribution in [2.24, 2.45) is 0 Å². The van der Waals surface area contributed by atoms with Gasteiger partial charge in [-0.3, -0.25) is 4.79 Å². The standard InChI is InChI=1S/C19H23N5O3/c1-5-22(6-2)18(25)12-23-19(26)24-13(3)20-16(11-17(24)21-23)14-7-9-15(27-4)10-8-14/h7-11H,5-6,12H2,1-4H3. The van der Waals surface area contributed by atoms with Crippen LogP contribution in [-0.4, -0.2) is 50.2 Å². The van der Waals surface area contributed by atoms with Crippen LogP contribution < -0.4 is 10.4 Å². The number of methoxy groups -OCH3 is 1. The van der Waals surface area contributed by atoms with Gasteiger partial charge in [0.1, 0.15) is 18.1 Å². The average Bonchev–Trinajstić information content (AvgIpc) is 2.98. The van der Waals surface area contributed by atoms with Gasteiger partial charge in [-0.25, -0.2) is 18.9 Å². The van der Waals surface area contributed by atoms with Gasteiger partial charge >= 0.3 is 5.69 Å². The molecule has 1 amide bonds. The van der Waals surface area contributed by atoms with Crippen LogP contribution in [0.1, 0.15) is 19.7 Å². The highest BCUT2D eigenvalue weighted by molar-refractivity contribution is 5.75. The van der Waals surface area contributed by atoms with E-state index in [0.717, 1.165) is 11.3 Å². The van der Waals surface area contributed by atoms with Crippen LogP contribution >= 0.6 is 0 Å². The minimum atomic E-state index is -0.364. The molecule has 0 N–H and O–H groups in total. The lowest BCUT2D eigenvalue weighted by Gasteiger charge is -2.17. The lowest BCUT2D eigenvalue weighted by atomic mass is 10.1. The number of likely N-dealkylation sites (N-methyl/N-ethyl adjacent to an activating group) is 1. The van der Waals surface area contributed by atoms with E-state index in [2.05, 4.69) is 10.1 Å². The van der Waals surface area contributed by atoms with E-state index >= 15 is 0 Å². The maximum atomic E-state index is 12.7. The van der Waals surface area contributed by atoms with Crippen molar-refractivity contribution in [3.8, 4) is 17.0 Å². The first-order valence-corrected chi connectivity index (χ1v) is 8.87. The highest BCUT2D eigenvalue weighted by Crippen LogP contribution is 2.21. The van der Waals surface area contributed by atoms with Gasteiger partial charge in [-0.1, -0.05) is 0 Å². The molecule has 0 aliphatic heterocycles. The molecule has 8 nitrogen and oxygen atoms in total. The van der Waals surface area contributed by atoms with Crippen LogP contribution in [-0.2, 0) is 11.3 Å². The van der Waals surface area contributed by atoms with E-state index in [9.17, 15) is 9.59 Å². The van der Waals surface area contributed by atoms with E-state index < -0.39 is 0 Å². The van der Waals surface area contributed by atoms with Gasteiger partial charge in [0, 0.05) is 24.7 Å². The second-order valence-electron chi connectivity index (χ2n) is 6.12. The minimum Gasteiger partial charge on any atom is -0.497 e. The summed E-state index contributed by atoms with van der Waals surface area (Å²) >= 11 is 0. The number of carbonyl (C=O) groups is 1. The van der Waals surface area contributed by atoms with Gasteiger partial charge in [0.25, 0.3) is 0 Å². The molecule has 0 aliphatic carbocycles. The number of carbonyl (C=O) groups excluding carboxylic acids is 1. The molecule has 0 saturated heterocycles. The molecule has 8 heteroatoms. The van der Waals surface area contributed by atoms with Gasteiger partial charge in [0.05, 0.1) is 12.8 Å². The van der Waals surface area contributed by atoms with Crippen LogP contribution in [0.25, 0.3) is 16.9 Å². The fourth-order valence-corrected chi connectivity index (χ4v) is 3.02. The van der Waals surface area contributed by atoms with Crippen molar-refractivity contribution in [3.63, 3.8) is 0 Å². The van der Waals surface area contributed by atoms with Gasteiger partial charge in [-0.05, 0) is 45.0 Å². The predicted octanol–water partition coefficient (Wildman–Crippen LogP) is 1.74. The molecule has 0 radical (unpaired) electrons. The number of aromatic nitrogens is 4. The van der Waals surface area contributed by atoms with Crippen LogP contribution in [0.5, 0.6) is 5.75 Å². The lowest BCUT2D eigenvalue weighted by Crippen LogP contribution is -2.36. The molecule has 2 heterocycles. The summed E-state index contributed by atoms with van der Waals surface area (Å²) in [6.45, 7) is 6.67. The van der Waals surface area contributed by atoms with Crippen molar-refractivity contribution in [2.75, 3.05) is 20.2 Å². The Hall–Kier alpha value is -3.16. The smallest absolute Gasteiger partial charge is 0.352 e. The zero-order valence-corrected chi connectivity index (χ0v) is 16.0. The summed E-state index contributed by atoms with van der Waals surface area (Å²) in [6.07, 6.45) is 0. The van der Waals surface area contributed by atoms with Crippen LogP contribution in [0.15, 0.2) is 35.1 Å². The summed E-state index contributed by atoms with van der Waals surface area (Å²) in [5, 5.41) is 4.34. The SMILES string of the molecule is CCN(CC)C(=O)Cn1nc2cc(-c3ccc(OC)cc3)nc(C)n2c1=O. The van der Waals surface area contributed by atoms with Crippen LogP contribution in [0.2, 0.25) is 0 Å². The molecular formula is C19H23N5O3. The van der Waals surface area contributed by atoms with Gasteiger partial charge in [0.15, 0.2) is 5.65 Å². The fraction of sp³-hybridized carbons (Fsp3) is 0.368. The maximum absolute atomic E-state index is 12.7. The second kappa shape index (κ2) is 7.61. The number of ether oxygens (including phenoxy) is 1. The molecule has 0 aliphatic rings. The topological polar surface area (TPSA) is 81.7 Å². The lowest BCUT2D eigenvalue weighted by molar-refractivity contribution is -0.131. The molecule has 2 aromatic heterocycles. The number of nitrogens with zero attached hydrogens (tertiary/aromatic N) is 5. The first-order valence-electron chi connectivity index (χ1n) is 8.87. The van der Waals surface area contributed by atoms with E-state index in [1.54, 1.807) is 25.0 Å². The number of rotatable bonds is 6. The molecule has 0 spiro atoms. The second-order valence-corrected chi connectivity index (χ2v) is 6.12. The van der Waals surface area contributed by atoms with Crippen molar-refractivity contribution >= 4 is 11.6 Å². The van der Waals surface area contributed by atoms with Crippen molar-refractivity contribution < 1.29 is 9.53 Å². The highest BCUT2D eigenvalue weighted by atomic mass is 16.5. The Labute approximate surface area is 157 Å². The molecule has 0 saturated carbocycles. The summed E-state index contributed by atoms with van der Waals surface area (Å²) in [7, 11) is 1.61. The first kappa shape index (κ1) is 18.6. The van der Waals surface area contributed by atoms with Crippen molar-refractivity contribution in [2.45, 2.75) is 27.3 Å². The Kier molecular flexibility index (Phi) is 5.25. The van der Waals surface area contributed by atoms with E-state index in [0.29, 0.717) is 30.3 Å². The molecule has 27 heavy (non-hydrogen) atoms. The van der Waals surface area contributed by atoms with Crippen LogP contribution in [0, 0.1) is 6.92 Å². The minimum absolute atomic E-state index is 0.0838. The number of hydrogen-bond acceptors (Lipinski definition) is 5. The molecule has 0 bridgehead atoms. The normalized spacial score (nSPS) is 11.0. The first-order chi connectivity index (χ1) is 13.0. The Balaban J connectivity index is 2.00. The average molecular weight is 369 g/mol. The fourth-order valence-electron chi connectivity index (χ4n) is 3.02. The highest BCUT2D eigenvalue weighted by Gasteiger charge is 2.17. The Morgan fingerprint density at radius 3 is 2.44 bits per heavy atom. The van der Waals surface area contributed by atoms with Crippen molar-refractivity contribution in [1.82, 2.24) is 24.1 Å².